The summed E-state index contributed by atoms with van der Waals surface area (Å²) in [6, 6.07) is 20.0. The SMILES string of the molecule is O=C1CCC(N2Cc3c(NCCOCCOCCOCCOCCNC(=O)c4ccc(NC(=O)[C@@H]5NC6(CCCCC6)[C@@]6(C(=O)Nc7cc(Cl)ccc76)[C@H]5c5cccc(Cl)c5F)cc4)cccc3C2=O)C(=O)N1. The number of anilines is 3. The van der Waals surface area contributed by atoms with Crippen molar-refractivity contribution in [3.05, 3.63) is 123 Å². The first kappa shape index (κ1) is 51.9. The van der Waals surface area contributed by atoms with Crippen LogP contribution in [-0.2, 0) is 50.1 Å². The number of hydrogen-bond donors (Lipinski definition) is 6. The smallest absolute Gasteiger partial charge is 0.255 e. The van der Waals surface area contributed by atoms with Gasteiger partial charge >= 0.3 is 0 Å². The summed E-state index contributed by atoms with van der Waals surface area (Å²) in [5, 5.41) is 18.4. The summed E-state index contributed by atoms with van der Waals surface area (Å²) in [5.74, 6) is -3.76. The average molecular weight is 1040 g/mol. The van der Waals surface area contributed by atoms with Crippen LogP contribution in [0.5, 0.6) is 0 Å². The van der Waals surface area contributed by atoms with Gasteiger partial charge in [0.15, 0.2) is 0 Å². The minimum absolute atomic E-state index is 0.111. The molecule has 5 aliphatic rings. The summed E-state index contributed by atoms with van der Waals surface area (Å²) in [6.45, 7) is 3.89. The molecule has 0 bridgehead atoms. The molecule has 2 spiro atoms. The van der Waals surface area contributed by atoms with E-state index in [2.05, 4.69) is 31.9 Å². The van der Waals surface area contributed by atoms with Crippen LogP contribution in [-0.4, -0.2) is 124 Å². The summed E-state index contributed by atoms with van der Waals surface area (Å²) in [4.78, 5) is 80.7. The van der Waals surface area contributed by atoms with Gasteiger partial charge in [0.05, 0.1) is 63.9 Å². The number of nitrogens with one attached hydrogen (secondary N) is 6. The van der Waals surface area contributed by atoms with Gasteiger partial charge in [0.2, 0.25) is 23.6 Å². The number of nitrogens with zero attached hydrogens (tertiary/aromatic N) is 1. The quantitative estimate of drug-likeness (QED) is 0.0414. The van der Waals surface area contributed by atoms with Crippen molar-refractivity contribution in [3.8, 4) is 0 Å². The minimum atomic E-state index is -1.36. The number of fused-ring (bicyclic) bond motifs is 4. The lowest BCUT2D eigenvalue weighted by atomic mass is 9.55. The molecule has 20 heteroatoms. The van der Waals surface area contributed by atoms with Crippen molar-refractivity contribution in [2.24, 2.45) is 0 Å². The second-order valence-corrected chi connectivity index (χ2v) is 19.6. The van der Waals surface area contributed by atoms with Crippen LogP contribution in [0.2, 0.25) is 10.0 Å². The minimum Gasteiger partial charge on any atom is -0.382 e. The molecule has 4 aromatic rings. The molecule has 73 heavy (non-hydrogen) atoms. The standard InChI is InChI=1S/C53H58Cl2FN7O10/c54-33-12-15-38-41(30-33)60-51(69)53(38)44(36-7-4-8-39(55)45(36)56)46(62-52(53)18-2-1-3-19-52)49(67)59-34-13-10-32(11-14-34)47(65)58-21-23-71-25-27-73-29-28-72-26-24-70-22-20-57-40-9-5-6-35-37(40)31-63(50(35)68)42-16-17-43(64)61-48(42)66/h4-15,30,42,44,46,57,62H,1-3,16-29,31H2,(H,58,65)(H,59,67)(H,60,69)(H,61,64,66)/t42?,44-,46+,53+/m0/s1. The lowest BCUT2D eigenvalue weighted by Gasteiger charge is -2.47. The van der Waals surface area contributed by atoms with Crippen molar-refractivity contribution in [1.29, 1.82) is 0 Å². The van der Waals surface area contributed by atoms with Gasteiger partial charge < -0.3 is 45.1 Å². The van der Waals surface area contributed by atoms with Crippen molar-refractivity contribution in [2.45, 2.75) is 80.4 Å². The fourth-order valence-corrected chi connectivity index (χ4v) is 11.6. The number of hydrogen-bond acceptors (Lipinski definition) is 12. The molecule has 1 aliphatic carbocycles. The maximum Gasteiger partial charge on any atom is 0.255 e. The number of piperidine rings is 1. The van der Waals surface area contributed by atoms with Gasteiger partial charge in [0.25, 0.3) is 11.8 Å². The van der Waals surface area contributed by atoms with Gasteiger partial charge in [-0.15, -0.1) is 0 Å². The molecule has 1 unspecified atom stereocenters. The van der Waals surface area contributed by atoms with E-state index >= 15 is 4.39 Å². The van der Waals surface area contributed by atoms with E-state index in [4.69, 9.17) is 42.1 Å². The zero-order valence-corrected chi connectivity index (χ0v) is 41.6. The Kier molecular flexibility index (Phi) is 16.4. The molecule has 17 nitrogen and oxygen atoms in total. The third kappa shape index (κ3) is 10.7. The van der Waals surface area contributed by atoms with Crippen molar-refractivity contribution in [3.63, 3.8) is 0 Å². The summed E-state index contributed by atoms with van der Waals surface area (Å²) < 4.78 is 38.7. The van der Waals surface area contributed by atoms with E-state index in [1.807, 2.05) is 12.1 Å². The molecule has 9 rings (SSSR count). The van der Waals surface area contributed by atoms with Crippen LogP contribution >= 0.6 is 23.2 Å². The van der Waals surface area contributed by atoms with E-state index in [-0.39, 0.29) is 60.3 Å². The Morgan fingerprint density at radius 1 is 0.781 bits per heavy atom. The highest BCUT2D eigenvalue weighted by molar-refractivity contribution is 6.31. The van der Waals surface area contributed by atoms with Gasteiger partial charge in [0, 0.05) is 76.3 Å². The molecule has 4 heterocycles. The van der Waals surface area contributed by atoms with E-state index in [1.54, 1.807) is 60.7 Å². The first-order valence-electron chi connectivity index (χ1n) is 24.8. The van der Waals surface area contributed by atoms with Gasteiger partial charge in [-0.25, -0.2) is 4.39 Å². The first-order chi connectivity index (χ1) is 35.4. The topological polar surface area (TPSA) is 215 Å². The van der Waals surface area contributed by atoms with Crippen molar-refractivity contribution < 1.29 is 52.1 Å². The van der Waals surface area contributed by atoms with Crippen molar-refractivity contribution in [1.82, 2.24) is 20.9 Å². The second kappa shape index (κ2) is 23.1. The van der Waals surface area contributed by atoms with Crippen molar-refractivity contribution in [2.75, 3.05) is 81.9 Å². The number of imide groups is 1. The Labute approximate surface area is 431 Å². The summed E-state index contributed by atoms with van der Waals surface area (Å²) >= 11 is 12.8. The molecule has 1 saturated carbocycles. The number of halogens is 3. The molecule has 2 saturated heterocycles. The van der Waals surface area contributed by atoms with Gasteiger partial charge in [0.1, 0.15) is 17.3 Å². The average Bonchev–Trinajstić information content (AvgIpc) is 3.98. The summed E-state index contributed by atoms with van der Waals surface area (Å²) in [5.41, 5.74) is 2.06. The third-order valence-electron chi connectivity index (χ3n) is 14.5. The monoisotopic (exact) mass is 1040 g/mol. The van der Waals surface area contributed by atoms with Crippen LogP contribution in [0.3, 0.4) is 0 Å². The van der Waals surface area contributed by atoms with Crippen LogP contribution < -0.4 is 31.9 Å². The van der Waals surface area contributed by atoms with Gasteiger partial charge in [-0.05, 0) is 85.0 Å². The highest BCUT2D eigenvalue weighted by Gasteiger charge is 2.72. The van der Waals surface area contributed by atoms with Crippen LogP contribution in [0.1, 0.15) is 88.3 Å². The predicted octanol–water partition coefficient (Wildman–Crippen LogP) is 6.09. The molecule has 0 aromatic heterocycles. The fraction of sp³-hybridized carbons (Fsp3) is 0.434. The Morgan fingerprint density at radius 2 is 1.47 bits per heavy atom. The maximum atomic E-state index is 16.2. The molecule has 3 fully saturated rings. The van der Waals surface area contributed by atoms with Crippen LogP contribution in [0.15, 0.2) is 78.9 Å². The lowest BCUT2D eigenvalue weighted by molar-refractivity contribution is -0.137. The zero-order chi connectivity index (χ0) is 51.1. The van der Waals surface area contributed by atoms with E-state index in [1.165, 1.54) is 11.0 Å². The van der Waals surface area contributed by atoms with Crippen molar-refractivity contribution >= 4 is 75.7 Å². The van der Waals surface area contributed by atoms with Gasteiger partial charge in [-0.2, -0.15) is 0 Å². The number of rotatable bonds is 21. The molecule has 4 aromatic carbocycles. The molecule has 386 valence electrons. The van der Waals surface area contributed by atoms with Crippen LogP contribution in [0.25, 0.3) is 0 Å². The fourth-order valence-electron chi connectivity index (χ4n) is 11.3. The van der Waals surface area contributed by atoms with E-state index in [0.717, 1.165) is 30.5 Å². The van der Waals surface area contributed by atoms with Gasteiger partial charge in [-0.3, -0.25) is 39.4 Å². The largest absolute Gasteiger partial charge is 0.382 e. The molecule has 4 aliphatic heterocycles. The molecular weight excluding hydrogens is 985 g/mol. The molecule has 6 N–H and O–H groups in total. The second-order valence-electron chi connectivity index (χ2n) is 18.8. The summed E-state index contributed by atoms with van der Waals surface area (Å²) in [6.07, 6.45) is 4.29. The maximum absolute atomic E-state index is 16.2. The van der Waals surface area contributed by atoms with Crippen LogP contribution in [0, 0.1) is 5.82 Å². The van der Waals surface area contributed by atoms with E-state index in [0.29, 0.717) is 105 Å². The number of benzene rings is 4. The van der Waals surface area contributed by atoms with E-state index < -0.39 is 46.6 Å². The Morgan fingerprint density at radius 3 is 2.18 bits per heavy atom. The zero-order valence-electron chi connectivity index (χ0n) is 40.1. The lowest BCUT2D eigenvalue weighted by Crippen LogP contribution is -2.60. The number of ether oxygens (including phenoxy) is 4. The molecular formula is C53H58Cl2FN7O10. The molecule has 0 radical (unpaired) electrons. The third-order valence-corrected chi connectivity index (χ3v) is 15.0. The Balaban J connectivity index is 0.662. The Hall–Kier alpha value is -5.99. The normalized spacial score (nSPS) is 21.8. The highest BCUT2D eigenvalue weighted by Crippen LogP contribution is 2.63. The molecule has 4 atom stereocenters. The Bertz CT molecular complexity index is 2740. The molecule has 6 amide bonds. The number of carbonyl (C=O) groups is 6. The first-order valence-corrected chi connectivity index (χ1v) is 25.5. The van der Waals surface area contributed by atoms with Crippen LogP contribution in [0.4, 0.5) is 21.5 Å². The number of carbonyl (C=O) groups excluding carboxylic acids is 6. The predicted molar refractivity (Wildman–Crippen MR) is 270 cm³/mol. The number of amides is 6. The summed E-state index contributed by atoms with van der Waals surface area (Å²) in [7, 11) is 0. The van der Waals surface area contributed by atoms with Gasteiger partial charge in [-0.1, -0.05) is 66.7 Å². The highest BCUT2D eigenvalue weighted by atomic mass is 35.5. The van der Waals surface area contributed by atoms with E-state index in [9.17, 15) is 28.8 Å².